The van der Waals surface area contributed by atoms with Gasteiger partial charge in [0.15, 0.2) is 14.6 Å². The second-order valence-electron chi connectivity index (χ2n) is 6.22. The van der Waals surface area contributed by atoms with E-state index in [1.807, 2.05) is 24.3 Å². The number of carbonyl (C=O) groups excluding carboxylic acids is 1. The fourth-order valence-corrected chi connectivity index (χ4v) is 3.47. The molecule has 2 rings (SSSR count). The lowest BCUT2D eigenvalue weighted by Crippen LogP contribution is -2.47. The minimum absolute atomic E-state index is 0.0115. The largest absolute Gasteiger partial charge is 0.465 e. The maximum absolute atomic E-state index is 12.2. The summed E-state index contributed by atoms with van der Waals surface area (Å²) in [6, 6.07) is 7.64. The van der Waals surface area contributed by atoms with Crippen molar-refractivity contribution >= 4 is 27.6 Å². The van der Waals surface area contributed by atoms with Gasteiger partial charge in [-0.2, -0.15) is 0 Å². The van der Waals surface area contributed by atoms with E-state index in [9.17, 15) is 13.2 Å². The molecule has 6 nitrogen and oxygen atoms in total. The Balaban J connectivity index is 2.13. The number of esters is 1. The molecule has 0 aliphatic carbocycles. The molecule has 0 fully saturated rings. The summed E-state index contributed by atoms with van der Waals surface area (Å²) in [6.07, 6.45) is 2.70. The van der Waals surface area contributed by atoms with Crippen molar-refractivity contribution in [2.24, 2.45) is 5.16 Å². The van der Waals surface area contributed by atoms with E-state index in [2.05, 4.69) is 11.7 Å². The molecule has 0 saturated heterocycles. The van der Waals surface area contributed by atoms with Crippen molar-refractivity contribution < 1.29 is 22.8 Å². The van der Waals surface area contributed by atoms with E-state index in [0.29, 0.717) is 6.42 Å². The maximum Gasteiger partial charge on any atom is 0.327 e. The van der Waals surface area contributed by atoms with Crippen LogP contribution in [-0.2, 0) is 24.2 Å². The number of sulfone groups is 1. The lowest BCUT2D eigenvalue weighted by molar-refractivity contribution is -0.146. The zero-order chi connectivity index (χ0) is 18.7. The van der Waals surface area contributed by atoms with Gasteiger partial charge in [-0.05, 0) is 25.0 Å². The normalized spacial score (nSPS) is 19.5. The number of hydrogen-bond donors (Lipinski definition) is 0. The average molecular weight is 365 g/mol. The molecule has 0 N–H and O–H groups in total. The average Bonchev–Trinajstić information content (AvgIpc) is 3.02. The number of oxime groups is 1. The third-order valence-corrected chi connectivity index (χ3v) is 6.33. The number of carbonyl (C=O) groups is 1. The predicted octanol–water partition coefficient (Wildman–Crippen LogP) is 2.58. The Morgan fingerprint density at radius 2 is 2.08 bits per heavy atom. The molecule has 1 aliphatic heterocycles. The highest BCUT2D eigenvalue weighted by molar-refractivity contribution is 7.92. The van der Waals surface area contributed by atoms with E-state index >= 15 is 0 Å². The molecule has 1 unspecified atom stereocenters. The SMILES string of the molecule is C=Cc1ccc(C2=NOC(C[C@](C)(C(=O)OCC)S(C)(=O)=O)C2)cc1. The van der Waals surface area contributed by atoms with E-state index < -0.39 is 26.7 Å². The Labute approximate surface area is 148 Å². The minimum atomic E-state index is -3.68. The first-order chi connectivity index (χ1) is 11.7. The van der Waals surface area contributed by atoms with Crippen molar-refractivity contribution in [2.75, 3.05) is 12.9 Å². The van der Waals surface area contributed by atoms with Crippen LogP contribution in [0.15, 0.2) is 36.0 Å². The van der Waals surface area contributed by atoms with E-state index in [-0.39, 0.29) is 13.0 Å². The Bertz CT molecular complexity index is 782. The van der Waals surface area contributed by atoms with Gasteiger partial charge in [0, 0.05) is 19.1 Å². The highest BCUT2D eigenvalue weighted by Crippen LogP contribution is 2.30. The summed E-state index contributed by atoms with van der Waals surface area (Å²) < 4.78 is 27.7. The summed E-state index contributed by atoms with van der Waals surface area (Å²) in [4.78, 5) is 17.6. The topological polar surface area (TPSA) is 82.0 Å². The van der Waals surface area contributed by atoms with Gasteiger partial charge in [0.2, 0.25) is 0 Å². The van der Waals surface area contributed by atoms with Gasteiger partial charge in [-0.15, -0.1) is 0 Å². The molecular formula is C18H23NO5S. The first-order valence-electron chi connectivity index (χ1n) is 8.03. The highest BCUT2D eigenvalue weighted by atomic mass is 32.2. The van der Waals surface area contributed by atoms with Crippen molar-refractivity contribution in [1.29, 1.82) is 0 Å². The van der Waals surface area contributed by atoms with E-state index in [1.54, 1.807) is 13.0 Å². The van der Waals surface area contributed by atoms with Crippen molar-refractivity contribution in [3.05, 3.63) is 42.0 Å². The van der Waals surface area contributed by atoms with Crippen molar-refractivity contribution in [1.82, 2.24) is 0 Å². The Kier molecular flexibility index (Phi) is 5.67. The molecule has 0 saturated carbocycles. The molecule has 0 radical (unpaired) electrons. The molecule has 1 aliphatic rings. The molecule has 0 aromatic heterocycles. The monoisotopic (exact) mass is 365 g/mol. The second-order valence-corrected chi connectivity index (χ2v) is 8.67. The molecule has 2 atom stereocenters. The van der Waals surface area contributed by atoms with E-state index in [0.717, 1.165) is 23.1 Å². The Morgan fingerprint density at radius 1 is 1.44 bits per heavy atom. The Morgan fingerprint density at radius 3 is 2.60 bits per heavy atom. The van der Waals surface area contributed by atoms with Gasteiger partial charge in [-0.3, -0.25) is 4.79 Å². The van der Waals surface area contributed by atoms with Gasteiger partial charge in [0.05, 0.1) is 12.3 Å². The molecule has 0 bridgehead atoms. The van der Waals surface area contributed by atoms with Crippen LogP contribution in [0, 0.1) is 0 Å². The molecule has 1 heterocycles. The fraction of sp³-hybridized carbons (Fsp3) is 0.444. The highest BCUT2D eigenvalue weighted by Gasteiger charge is 2.48. The van der Waals surface area contributed by atoms with Gasteiger partial charge in [0.1, 0.15) is 6.10 Å². The third-order valence-electron chi connectivity index (χ3n) is 4.36. The molecular weight excluding hydrogens is 342 g/mol. The van der Waals surface area contributed by atoms with Crippen LogP contribution in [0.5, 0.6) is 0 Å². The van der Waals surface area contributed by atoms with E-state index in [4.69, 9.17) is 9.57 Å². The number of hydrogen-bond acceptors (Lipinski definition) is 6. The zero-order valence-electron chi connectivity index (χ0n) is 14.7. The van der Waals surface area contributed by atoms with Crippen LogP contribution in [0.3, 0.4) is 0 Å². The third kappa shape index (κ3) is 4.10. The quantitative estimate of drug-likeness (QED) is 0.694. The lowest BCUT2D eigenvalue weighted by atomic mass is 9.97. The number of nitrogens with zero attached hydrogens (tertiary/aromatic N) is 1. The van der Waals surface area contributed by atoms with Crippen LogP contribution < -0.4 is 0 Å². The summed E-state index contributed by atoms with van der Waals surface area (Å²) in [5, 5.41) is 4.06. The van der Waals surface area contributed by atoms with Crippen molar-refractivity contribution in [3.8, 4) is 0 Å². The van der Waals surface area contributed by atoms with Crippen molar-refractivity contribution in [3.63, 3.8) is 0 Å². The van der Waals surface area contributed by atoms with Crippen LogP contribution >= 0.6 is 0 Å². The maximum atomic E-state index is 12.2. The smallest absolute Gasteiger partial charge is 0.327 e. The summed E-state index contributed by atoms with van der Waals surface area (Å²) in [5.74, 6) is -0.759. The Hall–Kier alpha value is -2.15. The molecule has 7 heteroatoms. The zero-order valence-corrected chi connectivity index (χ0v) is 15.5. The lowest BCUT2D eigenvalue weighted by Gasteiger charge is -2.27. The number of ether oxygens (including phenoxy) is 1. The number of benzene rings is 1. The van der Waals surface area contributed by atoms with Gasteiger partial charge in [-0.1, -0.05) is 42.1 Å². The first kappa shape index (κ1) is 19.2. The molecule has 1 aromatic carbocycles. The van der Waals surface area contributed by atoms with Crippen LogP contribution in [0.2, 0.25) is 0 Å². The van der Waals surface area contributed by atoms with Crippen LogP contribution in [-0.4, -0.2) is 43.8 Å². The summed E-state index contributed by atoms with van der Waals surface area (Å²) in [5.41, 5.74) is 2.61. The molecule has 136 valence electrons. The van der Waals surface area contributed by atoms with Crippen LogP contribution in [0.25, 0.3) is 6.08 Å². The van der Waals surface area contributed by atoms with Crippen molar-refractivity contribution in [2.45, 2.75) is 37.5 Å². The summed E-state index contributed by atoms with van der Waals surface area (Å²) >= 11 is 0. The second kappa shape index (κ2) is 7.39. The fourth-order valence-electron chi connectivity index (χ4n) is 2.62. The molecule has 1 aromatic rings. The predicted molar refractivity (Wildman–Crippen MR) is 97.1 cm³/mol. The summed E-state index contributed by atoms with van der Waals surface area (Å²) in [7, 11) is -3.68. The van der Waals surface area contributed by atoms with E-state index in [1.165, 1.54) is 6.92 Å². The molecule has 0 spiro atoms. The van der Waals surface area contributed by atoms with Gasteiger partial charge >= 0.3 is 5.97 Å². The molecule has 25 heavy (non-hydrogen) atoms. The first-order valence-corrected chi connectivity index (χ1v) is 9.92. The minimum Gasteiger partial charge on any atom is -0.465 e. The van der Waals surface area contributed by atoms with Gasteiger partial charge < -0.3 is 9.57 Å². The van der Waals surface area contributed by atoms with Gasteiger partial charge in [0.25, 0.3) is 0 Å². The van der Waals surface area contributed by atoms with Crippen LogP contribution in [0.4, 0.5) is 0 Å². The number of rotatable bonds is 7. The van der Waals surface area contributed by atoms with Gasteiger partial charge in [-0.25, -0.2) is 8.42 Å². The van der Waals surface area contributed by atoms with Crippen LogP contribution in [0.1, 0.15) is 37.8 Å². The molecule has 0 amide bonds. The summed E-state index contributed by atoms with van der Waals surface area (Å²) in [6.45, 7) is 6.84. The standard InChI is InChI=1S/C18H23NO5S/c1-5-13-7-9-14(10-8-13)16-11-15(24-19-16)12-18(3,25(4,21)22)17(20)23-6-2/h5,7-10,15H,1,6,11-12H2,2-4H3/t15?,18-/m1/s1.